The standard InChI is InChI=1S/C20H23N3O3/c1-20(2,3)26-19(24)23(4)13-17-21-11-10-18(22-17)25-16-9-8-14-6-5-7-15(14)12-16/h5,7-12H,6,13H2,1-4H3. The third-order valence-corrected chi connectivity index (χ3v) is 3.74. The van der Waals surface area contributed by atoms with E-state index in [0.717, 1.165) is 12.2 Å². The van der Waals surface area contributed by atoms with Crippen molar-refractivity contribution in [2.24, 2.45) is 0 Å². The van der Waals surface area contributed by atoms with Crippen LogP contribution in [0.5, 0.6) is 11.6 Å². The molecule has 6 nitrogen and oxygen atoms in total. The van der Waals surface area contributed by atoms with Crippen molar-refractivity contribution in [3.05, 3.63) is 53.5 Å². The van der Waals surface area contributed by atoms with Gasteiger partial charge in [0.2, 0.25) is 5.88 Å². The Morgan fingerprint density at radius 1 is 1.27 bits per heavy atom. The van der Waals surface area contributed by atoms with E-state index in [1.54, 1.807) is 19.3 Å². The summed E-state index contributed by atoms with van der Waals surface area (Å²) in [5, 5.41) is 0. The number of aromatic nitrogens is 2. The molecule has 6 heteroatoms. The molecule has 0 bridgehead atoms. The fourth-order valence-corrected chi connectivity index (χ4v) is 2.54. The lowest BCUT2D eigenvalue weighted by Crippen LogP contribution is -2.34. The summed E-state index contributed by atoms with van der Waals surface area (Å²) in [6.45, 7) is 5.72. The van der Waals surface area contributed by atoms with E-state index in [2.05, 4.69) is 28.2 Å². The first-order valence-electron chi connectivity index (χ1n) is 8.53. The molecule has 1 heterocycles. The van der Waals surface area contributed by atoms with Crippen LogP contribution in [0.4, 0.5) is 4.79 Å². The lowest BCUT2D eigenvalue weighted by atomic mass is 10.1. The number of hydrogen-bond donors (Lipinski definition) is 0. The van der Waals surface area contributed by atoms with Crippen LogP contribution in [0.1, 0.15) is 37.7 Å². The number of carbonyl (C=O) groups is 1. The molecule has 0 radical (unpaired) electrons. The Bertz CT molecular complexity index is 840. The molecule has 0 atom stereocenters. The summed E-state index contributed by atoms with van der Waals surface area (Å²) in [5.41, 5.74) is 1.92. The molecule has 0 fully saturated rings. The Balaban J connectivity index is 1.66. The molecule has 0 N–H and O–H groups in total. The molecule has 0 saturated carbocycles. The first-order chi connectivity index (χ1) is 12.3. The van der Waals surface area contributed by atoms with E-state index in [9.17, 15) is 4.79 Å². The van der Waals surface area contributed by atoms with Crippen molar-refractivity contribution in [3.63, 3.8) is 0 Å². The van der Waals surface area contributed by atoms with Crippen LogP contribution in [0.15, 0.2) is 36.5 Å². The number of nitrogens with zero attached hydrogens (tertiary/aromatic N) is 3. The molecule has 0 spiro atoms. The lowest BCUT2D eigenvalue weighted by Gasteiger charge is -2.24. The maximum Gasteiger partial charge on any atom is 0.410 e. The molecule has 1 aliphatic carbocycles. The zero-order chi connectivity index (χ0) is 18.7. The number of allylic oxidation sites excluding steroid dienone is 1. The monoisotopic (exact) mass is 353 g/mol. The molecule has 3 rings (SSSR count). The summed E-state index contributed by atoms with van der Waals surface area (Å²) in [4.78, 5) is 22.1. The maximum atomic E-state index is 12.1. The van der Waals surface area contributed by atoms with Gasteiger partial charge in [0.25, 0.3) is 0 Å². The molecule has 26 heavy (non-hydrogen) atoms. The van der Waals surface area contributed by atoms with Crippen molar-refractivity contribution < 1.29 is 14.3 Å². The second kappa shape index (κ2) is 7.15. The summed E-state index contributed by atoms with van der Waals surface area (Å²) < 4.78 is 11.2. The van der Waals surface area contributed by atoms with Gasteiger partial charge in [0.15, 0.2) is 5.82 Å². The Labute approximate surface area is 153 Å². The normalized spacial score (nSPS) is 12.6. The van der Waals surface area contributed by atoms with E-state index in [1.165, 1.54) is 16.0 Å². The fourth-order valence-electron chi connectivity index (χ4n) is 2.54. The van der Waals surface area contributed by atoms with Gasteiger partial charge in [-0.2, -0.15) is 4.98 Å². The molecule has 0 aliphatic heterocycles. The van der Waals surface area contributed by atoms with Crippen LogP contribution >= 0.6 is 0 Å². The first-order valence-corrected chi connectivity index (χ1v) is 8.53. The molecule has 0 saturated heterocycles. The minimum absolute atomic E-state index is 0.235. The number of rotatable bonds is 4. The Morgan fingerprint density at radius 3 is 2.85 bits per heavy atom. The van der Waals surface area contributed by atoms with E-state index in [-0.39, 0.29) is 6.54 Å². The van der Waals surface area contributed by atoms with E-state index in [1.807, 2.05) is 32.9 Å². The molecule has 0 unspecified atom stereocenters. The van der Waals surface area contributed by atoms with E-state index in [0.29, 0.717) is 11.7 Å². The minimum Gasteiger partial charge on any atom is -0.444 e. The highest BCUT2D eigenvalue weighted by Crippen LogP contribution is 2.27. The Hall–Kier alpha value is -2.89. The second-order valence-electron chi connectivity index (χ2n) is 7.22. The van der Waals surface area contributed by atoms with Gasteiger partial charge in [-0.05, 0) is 50.5 Å². The van der Waals surface area contributed by atoms with Crippen molar-refractivity contribution in [2.75, 3.05) is 7.05 Å². The minimum atomic E-state index is -0.542. The van der Waals surface area contributed by atoms with Crippen LogP contribution in [-0.4, -0.2) is 33.6 Å². The van der Waals surface area contributed by atoms with Crippen molar-refractivity contribution >= 4 is 12.2 Å². The summed E-state index contributed by atoms with van der Waals surface area (Å²) >= 11 is 0. The quantitative estimate of drug-likeness (QED) is 0.824. The number of hydrogen-bond acceptors (Lipinski definition) is 5. The van der Waals surface area contributed by atoms with Crippen molar-refractivity contribution in [3.8, 4) is 11.6 Å². The number of benzene rings is 1. The van der Waals surface area contributed by atoms with Crippen LogP contribution < -0.4 is 4.74 Å². The molecule has 1 aromatic heterocycles. The van der Waals surface area contributed by atoms with E-state index in [4.69, 9.17) is 9.47 Å². The molecular weight excluding hydrogens is 330 g/mol. The SMILES string of the molecule is CN(Cc1nccc(Oc2ccc3c(c2)C=CC3)n1)C(=O)OC(C)(C)C. The van der Waals surface area contributed by atoms with E-state index < -0.39 is 11.7 Å². The number of amides is 1. The number of fused-ring (bicyclic) bond motifs is 1. The highest BCUT2D eigenvalue weighted by atomic mass is 16.6. The highest BCUT2D eigenvalue weighted by molar-refractivity contribution is 5.67. The van der Waals surface area contributed by atoms with Crippen LogP contribution in [-0.2, 0) is 17.7 Å². The molecule has 1 aliphatic rings. The Kier molecular flexibility index (Phi) is 4.93. The highest BCUT2D eigenvalue weighted by Gasteiger charge is 2.20. The molecule has 2 aromatic rings. The molecule has 1 amide bonds. The Morgan fingerprint density at radius 2 is 2.08 bits per heavy atom. The van der Waals surface area contributed by atoms with Crippen LogP contribution in [0.2, 0.25) is 0 Å². The van der Waals surface area contributed by atoms with Crippen LogP contribution in [0.3, 0.4) is 0 Å². The van der Waals surface area contributed by atoms with Gasteiger partial charge in [0, 0.05) is 19.3 Å². The topological polar surface area (TPSA) is 64.5 Å². The zero-order valence-corrected chi connectivity index (χ0v) is 15.5. The lowest BCUT2D eigenvalue weighted by molar-refractivity contribution is 0.0280. The number of ether oxygens (including phenoxy) is 2. The summed E-state index contributed by atoms with van der Waals surface area (Å²) in [6.07, 6.45) is 6.38. The smallest absolute Gasteiger partial charge is 0.410 e. The average molecular weight is 353 g/mol. The van der Waals surface area contributed by atoms with Crippen molar-refractivity contribution in [1.82, 2.24) is 14.9 Å². The van der Waals surface area contributed by atoms with Gasteiger partial charge in [0.05, 0.1) is 6.54 Å². The number of carbonyl (C=O) groups excluding carboxylic acids is 1. The van der Waals surface area contributed by atoms with Gasteiger partial charge in [-0.15, -0.1) is 0 Å². The molecule has 136 valence electrons. The summed E-state index contributed by atoms with van der Waals surface area (Å²) in [7, 11) is 1.65. The van der Waals surface area contributed by atoms with E-state index >= 15 is 0 Å². The van der Waals surface area contributed by atoms with Gasteiger partial charge in [-0.25, -0.2) is 9.78 Å². The predicted octanol–water partition coefficient (Wildman–Crippen LogP) is 4.21. The third-order valence-electron chi connectivity index (χ3n) is 3.74. The van der Waals surface area contributed by atoms with Gasteiger partial charge < -0.3 is 14.4 Å². The van der Waals surface area contributed by atoms with Gasteiger partial charge in [0.1, 0.15) is 11.4 Å². The second-order valence-corrected chi connectivity index (χ2v) is 7.22. The van der Waals surface area contributed by atoms with Crippen LogP contribution in [0.25, 0.3) is 6.08 Å². The van der Waals surface area contributed by atoms with Gasteiger partial charge in [-0.1, -0.05) is 18.2 Å². The maximum absolute atomic E-state index is 12.1. The zero-order valence-electron chi connectivity index (χ0n) is 15.5. The largest absolute Gasteiger partial charge is 0.444 e. The predicted molar refractivity (Wildman–Crippen MR) is 99.0 cm³/mol. The molecular formula is C20H23N3O3. The van der Waals surface area contributed by atoms with Gasteiger partial charge in [-0.3, -0.25) is 0 Å². The third kappa shape index (κ3) is 4.59. The van der Waals surface area contributed by atoms with Crippen molar-refractivity contribution in [1.29, 1.82) is 0 Å². The average Bonchev–Trinajstić information content (AvgIpc) is 3.01. The van der Waals surface area contributed by atoms with Crippen LogP contribution in [0, 0.1) is 0 Å². The first kappa shape index (κ1) is 17.9. The van der Waals surface area contributed by atoms with Crippen molar-refractivity contribution in [2.45, 2.75) is 39.3 Å². The van der Waals surface area contributed by atoms with Gasteiger partial charge >= 0.3 is 6.09 Å². The molecule has 1 aromatic carbocycles. The summed E-state index contributed by atoms with van der Waals surface area (Å²) in [5.74, 6) is 1.65. The fraction of sp³-hybridized carbons (Fsp3) is 0.350. The summed E-state index contributed by atoms with van der Waals surface area (Å²) in [6, 6.07) is 7.68.